The number of anilines is 1. The van der Waals surface area contributed by atoms with Crippen molar-refractivity contribution in [3.8, 4) is 0 Å². The van der Waals surface area contributed by atoms with Crippen LogP contribution < -0.4 is 5.32 Å². The van der Waals surface area contributed by atoms with Crippen molar-refractivity contribution in [2.75, 3.05) is 5.32 Å². The molecule has 1 N–H and O–H groups in total. The van der Waals surface area contributed by atoms with Crippen LogP contribution in [0.2, 0.25) is 0 Å². The van der Waals surface area contributed by atoms with Gasteiger partial charge in [-0.3, -0.25) is 0 Å². The average Bonchev–Trinajstić information content (AvgIpc) is 3.06. The molecular formula is C14H12N4Se. The summed E-state index contributed by atoms with van der Waals surface area (Å²) < 4.78 is 8.93. The first kappa shape index (κ1) is 11.1. The van der Waals surface area contributed by atoms with Crippen molar-refractivity contribution >= 4 is 31.6 Å². The third-order valence-electron chi connectivity index (χ3n) is 3.57. The molecule has 4 nitrogen and oxygen atoms in total. The number of hydrogen-bond donors (Lipinski definition) is 1. The maximum atomic E-state index is 4.52. The van der Waals surface area contributed by atoms with E-state index in [9.17, 15) is 0 Å². The summed E-state index contributed by atoms with van der Waals surface area (Å²) in [6.07, 6.45) is 4.07. The van der Waals surface area contributed by atoms with E-state index in [1.165, 1.54) is 11.3 Å². The van der Waals surface area contributed by atoms with E-state index in [1.54, 1.807) is 0 Å². The monoisotopic (exact) mass is 316 g/mol. The average molecular weight is 315 g/mol. The molecule has 94 valence electrons. The predicted molar refractivity (Wildman–Crippen MR) is 75.3 cm³/mol. The Kier molecular flexibility index (Phi) is 2.60. The molecule has 1 aliphatic carbocycles. The first-order chi connectivity index (χ1) is 9.42. The van der Waals surface area contributed by atoms with Crippen LogP contribution in [-0.2, 0) is 6.42 Å². The topological polar surface area (TPSA) is 49.6 Å². The Hall–Kier alpha value is -1.71. The zero-order valence-corrected chi connectivity index (χ0v) is 11.9. The van der Waals surface area contributed by atoms with Crippen molar-refractivity contribution in [1.82, 2.24) is 4.98 Å². The molecule has 2 aromatic rings. The van der Waals surface area contributed by atoms with Gasteiger partial charge >= 0.3 is 117 Å². The van der Waals surface area contributed by atoms with Gasteiger partial charge in [0.25, 0.3) is 0 Å². The molecule has 1 unspecified atom stereocenters. The summed E-state index contributed by atoms with van der Waals surface area (Å²) in [5.41, 5.74) is 5.67. The van der Waals surface area contributed by atoms with Crippen molar-refractivity contribution < 1.29 is 0 Å². The van der Waals surface area contributed by atoms with Gasteiger partial charge in [0.1, 0.15) is 0 Å². The Balaban J connectivity index is 1.68. The fourth-order valence-electron chi connectivity index (χ4n) is 2.66. The van der Waals surface area contributed by atoms with Gasteiger partial charge in [-0.2, -0.15) is 0 Å². The molecule has 0 saturated heterocycles. The third-order valence-corrected chi connectivity index (χ3v) is 4.71. The first-order valence-corrected chi connectivity index (χ1v) is 7.86. The van der Waals surface area contributed by atoms with Gasteiger partial charge in [0, 0.05) is 0 Å². The normalized spacial score (nSPS) is 18.8. The zero-order valence-electron chi connectivity index (χ0n) is 10.2. The van der Waals surface area contributed by atoms with Crippen LogP contribution in [0.1, 0.15) is 23.7 Å². The second-order valence-electron chi connectivity index (χ2n) is 4.72. The molecule has 0 saturated carbocycles. The molecule has 19 heavy (non-hydrogen) atoms. The molecule has 5 heteroatoms. The molecule has 1 aliphatic heterocycles. The summed E-state index contributed by atoms with van der Waals surface area (Å²) in [4.78, 5) is 4.52. The minimum absolute atomic E-state index is 0.0198. The number of fused-ring (bicyclic) bond motifs is 2. The molecule has 0 bridgehead atoms. The molecule has 1 aromatic carbocycles. The van der Waals surface area contributed by atoms with Gasteiger partial charge in [0.15, 0.2) is 0 Å². The van der Waals surface area contributed by atoms with Gasteiger partial charge in [-0.05, 0) is 0 Å². The van der Waals surface area contributed by atoms with Crippen LogP contribution in [0.15, 0.2) is 44.5 Å². The van der Waals surface area contributed by atoms with Crippen molar-refractivity contribution in [1.29, 1.82) is 0 Å². The minimum atomic E-state index is 0.0198. The molecule has 1 atom stereocenters. The van der Waals surface area contributed by atoms with Gasteiger partial charge < -0.3 is 0 Å². The Morgan fingerprint density at radius 2 is 2.16 bits per heavy atom. The van der Waals surface area contributed by atoms with Gasteiger partial charge in [0.2, 0.25) is 0 Å². The van der Waals surface area contributed by atoms with Gasteiger partial charge in [0.05, 0.1) is 0 Å². The first-order valence-electron chi connectivity index (χ1n) is 6.33. The molecule has 2 heterocycles. The fraction of sp³-hybridized carbons (Fsp3) is 0.214. The molecular weight excluding hydrogens is 303 g/mol. The number of nitrogens with one attached hydrogen (secondary N) is 1. The predicted octanol–water partition coefficient (Wildman–Crippen LogP) is 3.53. The Labute approximate surface area is 117 Å². The van der Waals surface area contributed by atoms with Gasteiger partial charge in [-0.1, -0.05) is 0 Å². The zero-order chi connectivity index (χ0) is 12.7. The van der Waals surface area contributed by atoms with Gasteiger partial charge in [-0.25, -0.2) is 0 Å². The van der Waals surface area contributed by atoms with E-state index >= 15 is 0 Å². The summed E-state index contributed by atoms with van der Waals surface area (Å²) in [6, 6.07) is 10.6. The van der Waals surface area contributed by atoms with E-state index in [4.69, 9.17) is 0 Å². The summed E-state index contributed by atoms with van der Waals surface area (Å²) in [5, 5.41) is 3.59. The molecule has 0 fully saturated rings. The molecule has 0 amide bonds. The van der Waals surface area contributed by atoms with E-state index in [2.05, 4.69) is 30.4 Å². The number of pyridine rings is 1. The van der Waals surface area contributed by atoms with Crippen LogP contribution in [0.4, 0.5) is 17.1 Å². The Bertz CT molecular complexity index is 719. The van der Waals surface area contributed by atoms with Crippen molar-refractivity contribution in [3.63, 3.8) is 0 Å². The molecule has 1 aromatic heterocycles. The number of rotatable bonds is 2. The Morgan fingerprint density at radius 1 is 1.16 bits per heavy atom. The summed E-state index contributed by atoms with van der Waals surface area (Å²) in [7, 11) is 0. The van der Waals surface area contributed by atoms with Crippen molar-refractivity contribution in [3.05, 3.63) is 47.8 Å². The van der Waals surface area contributed by atoms with Crippen LogP contribution in [0, 0.1) is 0 Å². The molecule has 0 spiro atoms. The number of aromatic nitrogens is 1. The molecule has 0 radical (unpaired) electrons. The number of benzene rings is 1. The summed E-state index contributed by atoms with van der Waals surface area (Å²) >= 11 is 0.0198. The second kappa shape index (κ2) is 4.44. The molecule has 2 aliphatic rings. The number of nitrogens with zero attached hydrogens (tertiary/aromatic N) is 3. The van der Waals surface area contributed by atoms with Crippen LogP contribution in [-0.4, -0.2) is 19.6 Å². The van der Waals surface area contributed by atoms with Crippen LogP contribution >= 0.6 is 0 Å². The van der Waals surface area contributed by atoms with Crippen LogP contribution in [0.5, 0.6) is 0 Å². The van der Waals surface area contributed by atoms with Crippen molar-refractivity contribution in [2.45, 2.75) is 18.9 Å². The number of aryl methyl sites for hydroxylation is 1. The molecule has 4 rings (SSSR count). The third kappa shape index (κ3) is 1.86. The quantitative estimate of drug-likeness (QED) is 0.736. The van der Waals surface area contributed by atoms with Crippen LogP contribution in [0.25, 0.3) is 0 Å². The van der Waals surface area contributed by atoms with Crippen LogP contribution in [0.3, 0.4) is 0 Å². The summed E-state index contributed by atoms with van der Waals surface area (Å²) in [5.74, 6) is 0. The fourth-order valence-corrected chi connectivity index (χ4v) is 3.82. The van der Waals surface area contributed by atoms with Gasteiger partial charge in [-0.15, -0.1) is 0 Å². The second-order valence-corrected chi connectivity index (χ2v) is 5.83. The maximum absolute atomic E-state index is 4.52. The Morgan fingerprint density at radius 3 is 3.16 bits per heavy atom. The number of hydrogen-bond acceptors (Lipinski definition) is 4. The van der Waals surface area contributed by atoms with E-state index in [1.807, 2.05) is 24.4 Å². The SMILES string of the molecule is c1cnc2c(c1)CCC2Nc1cccc2c1N=[Se]=N2. The summed E-state index contributed by atoms with van der Waals surface area (Å²) in [6.45, 7) is 0. The van der Waals surface area contributed by atoms with Crippen molar-refractivity contribution in [2.24, 2.45) is 7.92 Å². The van der Waals surface area contributed by atoms with E-state index < -0.39 is 0 Å². The van der Waals surface area contributed by atoms with E-state index in [0.29, 0.717) is 6.04 Å². The standard InChI is InChI=1S/C14H12N4Se/c1-4-10(14-12(5-1)17-19-18-14)16-11-7-6-9-3-2-8-15-13(9)11/h1-5,8,11,16H,6-7H2. The van der Waals surface area contributed by atoms with E-state index in [0.717, 1.165) is 29.9 Å². The van der Waals surface area contributed by atoms with E-state index in [-0.39, 0.29) is 14.6 Å².